The zero-order valence-corrected chi connectivity index (χ0v) is 14.3. The Kier molecular flexibility index (Phi) is 3.35. The second kappa shape index (κ2) is 5.34. The van der Waals surface area contributed by atoms with Crippen LogP contribution in [0.25, 0.3) is 11.0 Å². The SMILES string of the molecule is Cc1ccc2oc(C(=O)N3CCC4(CC3)N=C(N)NC4=O)c(C)c2c1. The Morgan fingerprint density at radius 1 is 1.32 bits per heavy atom. The number of carbonyl (C=O) groups is 2. The molecule has 1 aromatic heterocycles. The van der Waals surface area contributed by atoms with E-state index in [9.17, 15) is 9.59 Å². The van der Waals surface area contributed by atoms with E-state index in [4.69, 9.17) is 10.2 Å². The van der Waals surface area contributed by atoms with Gasteiger partial charge in [0.25, 0.3) is 11.8 Å². The lowest BCUT2D eigenvalue weighted by Gasteiger charge is -2.35. The van der Waals surface area contributed by atoms with Crippen LogP contribution < -0.4 is 11.1 Å². The molecule has 1 saturated heterocycles. The van der Waals surface area contributed by atoms with Crippen molar-refractivity contribution in [3.05, 3.63) is 35.1 Å². The molecule has 7 heteroatoms. The third kappa shape index (κ3) is 2.38. The Labute approximate surface area is 144 Å². The number of nitrogens with two attached hydrogens (primary N) is 1. The first-order chi connectivity index (χ1) is 11.9. The number of nitrogens with zero attached hydrogens (tertiary/aromatic N) is 2. The van der Waals surface area contributed by atoms with Crippen LogP contribution in [-0.4, -0.2) is 41.3 Å². The number of amides is 2. The summed E-state index contributed by atoms with van der Waals surface area (Å²) in [5.74, 6) is 0.216. The third-order valence-electron chi connectivity index (χ3n) is 5.16. The van der Waals surface area contributed by atoms with Gasteiger partial charge in [-0.2, -0.15) is 0 Å². The van der Waals surface area contributed by atoms with E-state index >= 15 is 0 Å². The van der Waals surface area contributed by atoms with Crippen LogP contribution in [0.3, 0.4) is 0 Å². The van der Waals surface area contributed by atoms with Crippen LogP contribution in [0.15, 0.2) is 27.6 Å². The van der Waals surface area contributed by atoms with Crippen molar-refractivity contribution in [1.82, 2.24) is 10.2 Å². The Bertz CT molecular complexity index is 920. The van der Waals surface area contributed by atoms with Crippen LogP contribution in [0.4, 0.5) is 0 Å². The van der Waals surface area contributed by atoms with Crippen molar-refractivity contribution >= 4 is 28.7 Å². The molecule has 3 N–H and O–H groups in total. The van der Waals surface area contributed by atoms with Gasteiger partial charge in [-0.3, -0.25) is 14.9 Å². The summed E-state index contributed by atoms with van der Waals surface area (Å²) in [6.07, 6.45) is 0.924. The predicted molar refractivity (Wildman–Crippen MR) is 93.3 cm³/mol. The van der Waals surface area contributed by atoms with Gasteiger partial charge in [0.15, 0.2) is 11.7 Å². The molecule has 0 radical (unpaired) electrons. The van der Waals surface area contributed by atoms with Gasteiger partial charge in [0.05, 0.1) is 0 Å². The van der Waals surface area contributed by atoms with E-state index < -0.39 is 5.54 Å². The molecule has 0 aliphatic carbocycles. The highest BCUT2D eigenvalue weighted by molar-refractivity contribution is 6.07. The van der Waals surface area contributed by atoms with E-state index in [1.165, 1.54) is 0 Å². The van der Waals surface area contributed by atoms with Crippen LogP contribution in [0, 0.1) is 13.8 Å². The Hall–Kier alpha value is -2.83. The van der Waals surface area contributed by atoms with E-state index in [0.717, 1.165) is 16.5 Å². The fourth-order valence-corrected chi connectivity index (χ4v) is 3.64. The molecule has 0 bridgehead atoms. The van der Waals surface area contributed by atoms with Gasteiger partial charge < -0.3 is 15.1 Å². The van der Waals surface area contributed by atoms with Crippen molar-refractivity contribution < 1.29 is 14.0 Å². The summed E-state index contributed by atoms with van der Waals surface area (Å²) >= 11 is 0. The number of guanidine groups is 1. The summed E-state index contributed by atoms with van der Waals surface area (Å²) in [7, 11) is 0. The molecule has 4 rings (SSSR count). The summed E-state index contributed by atoms with van der Waals surface area (Å²) in [6, 6.07) is 5.88. The summed E-state index contributed by atoms with van der Waals surface area (Å²) in [4.78, 5) is 31.0. The van der Waals surface area contributed by atoms with Gasteiger partial charge in [-0.25, -0.2) is 4.99 Å². The number of nitrogens with one attached hydrogen (secondary N) is 1. The van der Waals surface area contributed by atoms with Crippen LogP contribution in [0.5, 0.6) is 0 Å². The minimum Gasteiger partial charge on any atom is -0.451 e. The topological polar surface area (TPSA) is 101 Å². The van der Waals surface area contributed by atoms with Crippen molar-refractivity contribution in [1.29, 1.82) is 0 Å². The standard InChI is InChI=1S/C18H20N4O3/c1-10-3-4-13-12(9-10)11(2)14(25-13)15(23)22-7-5-18(6-8-22)16(24)20-17(19)21-18/h3-4,9H,5-8H2,1-2H3,(H3,19,20,21,24). The van der Waals surface area contributed by atoms with Crippen molar-refractivity contribution in [2.45, 2.75) is 32.2 Å². The number of piperidine rings is 1. The molecule has 0 saturated carbocycles. The number of fused-ring (bicyclic) bond motifs is 1. The first kappa shape index (κ1) is 15.7. The van der Waals surface area contributed by atoms with Crippen molar-refractivity contribution in [3.63, 3.8) is 0 Å². The van der Waals surface area contributed by atoms with Crippen LogP contribution in [0.1, 0.15) is 34.5 Å². The largest absolute Gasteiger partial charge is 0.451 e. The number of aliphatic imine (C=N–C) groups is 1. The highest BCUT2D eigenvalue weighted by Crippen LogP contribution is 2.32. The Morgan fingerprint density at radius 3 is 2.68 bits per heavy atom. The molecule has 0 unspecified atom stereocenters. The minimum atomic E-state index is -0.819. The summed E-state index contributed by atoms with van der Waals surface area (Å²) in [6.45, 7) is 4.80. The van der Waals surface area contributed by atoms with Crippen molar-refractivity contribution in [2.24, 2.45) is 10.7 Å². The average molecular weight is 340 g/mol. The number of aryl methyl sites for hydroxylation is 2. The maximum absolute atomic E-state index is 12.9. The van der Waals surface area contributed by atoms with Gasteiger partial charge >= 0.3 is 0 Å². The lowest BCUT2D eigenvalue weighted by atomic mass is 9.88. The maximum atomic E-state index is 12.9. The Morgan fingerprint density at radius 2 is 2.04 bits per heavy atom. The number of furan rings is 1. The quantitative estimate of drug-likeness (QED) is 0.821. The van der Waals surface area contributed by atoms with Gasteiger partial charge in [0.1, 0.15) is 11.1 Å². The second-order valence-corrected chi connectivity index (χ2v) is 6.83. The monoisotopic (exact) mass is 340 g/mol. The molecule has 2 aromatic rings. The van der Waals surface area contributed by atoms with E-state index in [1.807, 2.05) is 32.0 Å². The molecule has 2 aliphatic heterocycles. The molecule has 1 fully saturated rings. The fourth-order valence-electron chi connectivity index (χ4n) is 3.64. The van der Waals surface area contributed by atoms with E-state index in [2.05, 4.69) is 10.3 Å². The van der Waals surface area contributed by atoms with Gasteiger partial charge in [0.2, 0.25) is 0 Å². The summed E-state index contributed by atoms with van der Waals surface area (Å²) < 4.78 is 5.81. The first-order valence-corrected chi connectivity index (χ1v) is 8.35. The molecule has 1 aromatic carbocycles. The molecule has 25 heavy (non-hydrogen) atoms. The van der Waals surface area contributed by atoms with Gasteiger partial charge in [-0.1, -0.05) is 11.6 Å². The molecule has 3 heterocycles. The summed E-state index contributed by atoms with van der Waals surface area (Å²) in [5, 5.41) is 3.51. The van der Waals surface area contributed by atoms with Gasteiger partial charge in [-0.15, -0.1) is 0 Å². The lowest BCUT2D eigenvalue weighted by molar-refractivity contribution is -0.125. The number of rotatable bonds is 1. The number of benzene rings is 1. The predicted octanol–water partition coefficient (Wildman–Crippen LogP) is 1.47. The summed E-state index contributed by atoms with van der Waals surface area (Å²) in [5.41, 5.74) is 7.49. The molecule has 7 nitrogen and oxygen atoms in total. The molecule has 130 valence electrons. The molecule has 0 atom stereocenters. The normalized spacial score (nSPS) is 19.4. The lowest BCUT2D eigenvalue weighted by Crippen LogP contribution is -2.50. The van der Waals surface area contributed by atoms with Crippen LogP contribution in [0.2, 0.25) is 0 Å². The fraction of sp³-hybridized carbons (Fsp3) is 0.389. The Balaban J connectivity index is 1.57. The van der Waals surface area contributed by atoms with Crippen LogP contribution >= 0.6 is 0 Å². The molecular formula is C18H20N4O3. The first-order valence-electron chi connectivity index (χ1n) is 8.35. The third-order valence-corrected chi connectivity index (χ3v) is 5.16. The molecule has 2 aliphatic rings. The minimum absolute atomic E-state index is 0.142. The average Bonchev–Trinajstić information content (AvgIpc) is 3.05. The van der Waals surface area contributed by atoms with E-state index in [0.29, 0.717) is 37.3 Å². The van der Waals surface area contributed by atoms with E-state index in [-0.39, 0.29) is 17.8 Å². The van der Waals surface area contributed by atoms with Crippen LogP contribution in [-0.2, 0) is 4.79 Å². The molecular weight excluding hydrogens is 320 g/mol. The number of likely N-dealkylation sites (tertiary alicyclic amines) is 1. The second-order valence-electron chi connectivity index (χ2n) is 6.83. The number of hydrogen-bond donors (Lipinski definition) is 2. The molecule has 2 amide bonds. The number of carbonyl (C=O) groups excluding carboxylic acids is 2. The zero-order chi connectivity index (χ0) is 17.8. The van der Waals surface area contributed by atoms with Crippen molar-refractivity contribution in [2.75, 3.05) is 13.1 Å². The maximum Gasteiger partial charge on any atom is 0.289 e. The van der Waals surface area contributed by atoms with Gasteiger partial charge in [-0.05, 0) is 38.8 Å². The highest BCUT2D eigenvalue weighted by atomic mass is 16.3. The molecule has 1 spiro atoms. The van der Waals surface area contributed by atoms with Gasteiger partial charge in [0, 0.05) is 24.0 Å². The zero-order valence-electron chi connectivity index (χ0n) is 14.3. The van der Waals surface area contributed by atoms with E-state index in [1.54, 1.807) is 4.90 Å². The van der Waals surface area contributed by atoms with Crippen molar-refractivity contribution in [3.8, 4) is 0 Å². The highest BCUT2D eigenvalue weighted by Gasteiger charge is 2.46. The number of hydrogen-bond acceptors (Lipinski definition) is 5. The smallest absolute Gasteiger partial charge is 0.289 e.